The quantitative estimate of drug-likeness (QED) is 0.357. The van der Waals surface area contributed by atoms with Gasteiger partial charge >= 0.3 is 0 Å². The molecule has 0 aromatic heterocycles. The Morgan fingerprint density at radius 2 is 1.77 bits per heavy atom. The minimum absolute atomic E-state index is 0.188. The summed E-state index contributed by atoms with van der Waals surface area (Å²) < 4.78 is 16.7. The van der Waals surface area contributed by atoms with Gasteiger partial charge in [0.25, 0.3) is 5.91 Å². The zero-order chi connectivity index (χ0) is 22.1. The molecule has 0 radical (unpaired) electrons. The summed E-state index contributed by atoms with van der Waals surface area (Å²) in [6.45, 7) is 0.0646. The monoisotopic (exact) mass is 458 g/mol. The van der Waals surface area contributed by atoms with Gasteiger partial charge in [0.05, 0.1) is 13.3 Å². The number of halogens is 2. The molecule has 0 bridgehead atoms. The molecule has 0 aliphatic carbocycles. The summed E-state index contributed by atoms with van der Waals surface area (Å²) >= 11 is 12.0. The van der Waals surface area contributed by atoms with Crippen LogP contribution in [-0.2, 0) is 11.4 Å². The Balaban J connectivity index is 1.62. The average Bonchev–Trinajstić information content (AvgIpc) is 2.78. The maximum atomic E-state index is 12.0. The topological polar surface area (TPSA) is 69.2 Å². The molecule has 6 nitrogen and oxygen atoms in total. The maximum Gasteiger partial charge on any atom is 0.277 e. The number of ether oxygens (including phenoxy) is 3. The Kier molecular flexibility index (Phi) is 8.15. The van der Waals surface area contributed by atoms with Crippen molar-refractivity contribution in [3.8, 4) is 17.2 Å². The number of hydrazone groups is 1. The minimum atomic E-state index is -0.410. The Morgan fingerprint density at radius 1 is 1.00 bits per heavy atom. The second kappa shape index (κ2) is 11.2. The number of methoxy groups -OCH3 is 1. The van der Waals surface area contributed by atoms with Crippen LogP contribution in [0.3, 0.4) is 0 Å². The van der Waals surface area contributed by atoms with E-state index in [0.29, 0.717) is 32.9 Å². The normalized spacial score (nSPS) is 10.7. The number of hydrogen-bond acceptors (Lipinski definition) is 5. The Morgan fingerprint density at radius 3 is 2.52 bits per heavy atom. The van der Waals surface area contributed by atoms with Gasteiger partial charge in [-0.1, -0.05) is 47.5 Å². The largest absolute Gasteiger partial charge is 0.493 e. The van der Waals surface area contributed by atoms with Crippen molar-refractivity contribution in [3.05, 3.63) is 87.9 Å². The van der Waals surface area contributed by atoms with Crippen LogP contribution in [0.1, 0.15) is 11.1 Å². The van der Waals surface area contributed by atoms with Crippen LogP contribution in [0, 0.1) is 0 Å². The lowest BCUT2D eigenvalue weighted by Crippen LogP contribution is -2.24. The number of hydrogen-bond donors (Lipinski definition) is 1. The lowest BCUT2D eigenvalue weighted by Gasteiger charge is -2.13. The smallest absolute Gasteiger partial charge is 0.277 e. The van der Waals surface area contributed by atoms with Crippen LogP contribution < -0.4 is 19.6 Å². The summed E-state index contributed by atoms with van der Waals surface area (Å²) in [6.07, 6.45) is 1.48. The highest BCUT2D eigenvalue weighted by Crippen LogP contribution is 2.31. The average molecular weight is 459 g/mol. The second-order valence-electron chi connectivity index (χ2n) is 6.29. The zero-order valence-corrected chi connectivity index (χ0v) is 18.2. The lowest BCUT2D eigenvalue weighted by atomic mass is 10.2. The van der Waals surface area contributed by atoms with Gasteiger partial charge in [0.15, 0.2) is 18.1 Å². The fourth-order valence-electron chi connectivity index (χ4n) is 2.60. The van der Waals surface area contributed by atoms with Gasteiger partial charge in [-0.05, 0) is 42.5 Å². The van der Waals surface area contributed by atoms with Crippen LogP contribution in [0.5, 0.6) is 17.2 Å². The number of amides is 1. The van der Waals surface area contributed by atoms with Crippen molar-refractivity contribution >= 4 is 35.3 Å². The van der Waals surface area contributed by atoms with E-state index in [1.165, 1.54) is 6.21 Å². The van der Waals surface area contributed by atoms with Crippen molar-refractivity contribution in [3.63, 3.8) is 0 Å². The molecule has 0 spiro atoms. The third kappa shape index (κ3) is 6.64. The molecule has 0 aliphatic rings. The third-order valence-electron chi connectivity index (χ3n) is 4.14. The molecule has 0 saturated carbocycles. The first-order valence-electron chi connectivity index (χ1n) is 9.30. The van der Waals surface area contributed by atoms with Gasteiger partial charge in [0.1, 0.15) is 12.4 Å². The number of benzene rings is 3. The Bertz CT molecular complexity index is 1060. The molecule has 31 heavy (non-hydrogen) atoms. The third-order valence-corrected chi connectivity index (χ3v) is 4.76. The zero-order valence-electron chi connectivity index (χ0n) is 16.7. The van der Waals surface area contributed by atoms with E-state index in [4.69, 9.17) is 37.4 Å². The van der Waals surface area contributed by atoms with E-state index in [9.17, 15) is 4.79 Å². The molecule has 3 aromatic carbocycles. The van der Waals surface area contributed by atoms with E-state index < -0.39 is 5.91 Å². The number of rotatable bonds is 9. The number of nitrogens with zero attached hydrogens (tertiary/aromatic N) is 1. The van der Waals surface area contributed by atoms with Crippen LogP contribution in [0.15, 0.2) is 71.8 Å². The van der Waals surface area contributed by atoms with E-state index in [2.05, 4.69) is 10.5 Å². The number of nitrogens with one attached hydrogen (secondary N) is 1. The van der Waals surface area contributed by atoms with Crippen molar-refractivity contribution in [2.75, 3.05) is 13.7 Å². The van der Waals surface area contributed by atoms with Gasteiger partial charge in [-0.2, -0.15) is 5.10 Å². The molecular formula is C23H20Cl2N2O4. The first-order valence-corrected chi connectivity index (χ1v) is 10.1. The minimum Gasteiger partial charge on any atom is -0.493 e. The molecule has 0 heterocycles. The summed E-state index contributed by atoms with van der Waals surface area (Å²) in [5.41, 5.74) is 3.89. The van der Waals surface area contributed by atoms with Crippen molar-refractivity contribution in [2.24, 2.45) is 5.10 Å². The van der Waals surface area contributed by atoms with Gasteiger partial charge in [-0.15, -0.1) is 0 Å². The van der Waals surface area contributed by atoms with Gasteiger partial charge in [0, 0.05) is 21.2 Å². The van der Waals surface area contributed by atoms with Gasteiger partial charge in [0.2, 0.25) is 0 Å². The molecule has 0 unspecified atom stereocenters. The SMILES string of the molecule is COc1cccc(/C=N/NC(=O)COc2ccc(Cl)cc2)c1OCc1ccccc1Cl. The molecule has 3 rings (SSSR count). The first-order chi connectivity index (χ1) is 15.1. The predicted octanol–water partition coefficient (Wildman–Crippen LogP) is 5.11. The van der Waals surface area contributed by atoms with Crippen LogP contribution in [-0.4, -0.2) is 25.8 Å². The van der Waals surface area contributed by atoms with Crippen LogP contribution >= 0.6 is 23.2 Å². The molecular weight excluding hydrogens is 439 g/mol. The summed E-state index contributed by atoms with van der Waals surface area (Å²) in [4.78, 5) is 12.0. The van der Waals surface area contributed by atoms with Crippen LogP contribution in [0.25, 0.3) is 0 Å². The van der Waals surface area contributed by atoms with Crippen molar-refractivity contribution < 1.29 is 19.0 Å². The summed E-state index contributed by atoms with van der Waals surface area (Å²) in [6, 6.07) is 19.5. The fraction of sp³-hybridized carbons (Fsp3) is 0.130. The van der Waals surface area contributed by atoms with Crippen molar-refractivity contribution in [1.29, 1.82) is 0 Å². The standard InChI is InChI=1S/C23H20Cl2N2O4/c1-29-21-8-4-6-16(23(21)31-14-17-5-2-3-7-20(17)25)13-26-27-22(28)15-30-19-11-9-18(24)10-12-19/h2-13H,14-15H2,1H3,(H,27,28)/b26-13+. The molecule has 0 aliphatic heterocycles. The molecule has 3 aromatic rings. The molecule has 0 fully saturated rings. The molecule has 8 heteroatoms. The first kappa shape index (κ1) is 22.5. The Labute approximate surface area is 190 Å². The highest BCUT2D eigenvalue weighted by molar-refractivity contribution is 6.31. The molecule has 160 valence electrons. The number of carbonyl (C=O) groups excluding carboxylic acids is 1. The highest BCUT2D eigenvalue weighted by atomic mass is 35.5. The fourth-order valence-corrected chi connectivity index (χ4v) is 2.92. The molecule has 1 amide bonds. The van der Waals surface area contributed by atoms with Gasteiger partial charge in [-0.3, -0.25) is 4.79 Å². The summed E-state index contributed by atoms with van der Waals surface area (Å²) in [7, 11) is 1.55. The van der Waals surface area contributed by atoms with E-state index in [1.807, 2.05) is 18.2 Å². The molecule has 0 atom stereocenters. The number of para-hydroxylation sites is 1. The highest BCUT2D eigenvalue weighted by Gasteiger charge is 2.11. The second-order valence-corrected chi connectivity index (χ2v) is 7.14. The number of carbonyl (C=O) groups is 1. The van der Waals surface area contributed by atoms with E-state index >= 15 is 0 Å². The maximum absolute atomic E-state index is 12.0. The van der Waals surface area contributed by atoms with E-state index in [1.54, 1.807) is 55.6 Å². The van der Waals surface area contributed by atoms with Crippen molar-refractivity contribution in [1.82, 2.24) is 5.43 Å². The van der Waals surface area contributed by atoms with E-state index in [0.717, 1.165) is 5.56 Å². The van der Waals surface area contributed by atoms with Crippen molar-refractivity contribution in [2.45, 2.75) is 6.61 Å². The molecule has 1 N–H and O–H groups in total. The predicted molar refractivity (Wildman–Crippen MR) is 121 cm³/mol. The van der Waals surface area contributed by atoms with Crippen LogP contribution in [0.4, 0.5) is 0 Å². The summed E-state index contributed by atoms with van der Waals surface area (Å²) in [5.74, 6) is 1.15. The van der Waals surface area contributed by atoms with Gasteiger partial charge < -0.3 is 14.2 Å². The lowest BCUT2D eigenvalue weighted by molar-refractivity contribution is -0.123. The van der Waals surface area contributed by atoms with Gasteiger partial charge in [-0.25, -0.2) is 5.43 Å². The van der Waals surface area contributed by atoms with E-state index in [-0.39, 0.29) is 13.2 Å². The Hall–Kier alpha value is -3.22. The van der Waals surface area contributed by atoms with Crippen LogP contribution in [0.2, 0.25) is 10.0 Å². The molecule has 0 saturated heterocycles. The summed E-state index contributed by atoms with van der Waals surface area (Å²) in [5, 5.41) is 5.19.